The predicted molar refractivity (Wildman–Crippen MR) is 82.4 cm³/mol. The van der Waals surface area contributed by atoms with Crippen LogP contribution in [0.5, 0.6) is 0 Å². The highest BCUT2D eigenvalue weighted by molar-refractivity contribution is 5.96. The molecular formula is C17H21NO4. The van der Waals surface area contributed by atoms with Crippen molar-refractivity contribution < 1.29 is 19.4 Å². The Morgan fingerprint density at radius 1 is 1.41 bits per heavy atom. The fraction of sp³-hybridized carbons (Fsp3) is 0.412. The molecule has 1 unspecified atom stereocenters. The Bertz CT molecular complexity index is 596. The van der Waals surface area contributed by atoms with Gasteiger partial charge in [-0.05, 0) is 24.5 Å². The summed E-state index contributed by atoms with van der Waals surface area (Å²) < 4.78 is 5.60. The molecule has 0 fully saturated rings. The number of ether oxygens (including phenoxy) is 1. The van der Waals surface area contributed by atoms with E-state index >= 15 is 0 Å². The molecule has 0 saturated carbocycles. The Labute approximate surface area is 130 Å². The third kappa shape index (κ3) is 3.47. The second kappa shape index (κ2) is 6.64. The summed E-state index contributed by atoms with van der Waals surface area (Å²) in [5.74, 6) is -0.232. The number of aliphatic carboxylic acids is 1. The molecule has 0 aromatic heterocycles. The molecule has 0 spiro atoms. The van der Waals surface area contributed by atoms with Gasteiger partial charge in [-0.25, -0.2) is 0 Å². The van der Waals surface area contributed by atoms with E-state index in [0.29, 0.717) is 12.3 Å². The first-order valence-electron chi connectivity index (χ1n) is 7.36. The van der Waals surface area contributed by atoms with E-state index in [4.69, 9.17) is 9.84 Å². The Morgan fingerprint density at radius 3 is 2.77 bits per heavy atom. The SMILES string of the molecule is CC1=C(C2=CN(CCC(=O)O)C=CO2)C(C(C)C)C(=O)C=C1. The normalized spacial score (nSPS) is 21.3. The summed E-state index contributed by atoms with van der Waals surface area (Å²) in [7, 11) is 0. The summed E-state index contributed by atoms with van der Waals surface area (Å²) in [5, 5.41) is 8.78. The molecule has 1 aliphatic heterocycles. The number of carbonyl (C=O) groups excluding carboxylic acids is 1. The molecule has 118 valence electrons. The molecule has 0 radical (unpaired) electrons. The van der Waals surface area contributed by atoms with Crippen LogP contribution in [0.1, 0.15) is 27.2 Å². The summed E-state index contributed by atoms with van der Waals surface area (Å²) in [6, 6.07) is 0. The first kappa shape index (κ1) is 16.1. The number of ketones is 1. The molecule has 1 aliphatic carbocycles. The van der Waals surface area contributed by atoms with E-state index in [1.165, 1.54) is 6.26 Å². The largest absolute Gasteiger partial charge is 0.481 e. The van der Waals surface area contributed by atoms with Crippen LogP contribution in [0.25, 0.3) is 0 Å². The third-order valence-electron chi connectivity index (χ3n) is 3.79. The highest BCUT2D eigenvalue weighted by atomic mass is 16.5. The summed E-state index contributed by atoms with van der Waals surface area (Å²) >= 11 is 0. The Balaban J connectivity index is 2.29. The Hall–Kier alpha value is -2.30. The lowest BCUT2D eigenvalue weighted by Crippen LogP contribution is -2.27. The van der Waals surface area contributed by atoms with Crippen molar-refractivity contribution in [1.82, 2.24) is 4.90 Å². The van der Waals surface area contributed by atoms with E-state index in [9.17, 15) is 9.59 Å². The zero-order chi connectivity index (χ0) is 16.3. The second-order valence-corrected chi connectivity index (χ2v) is 5.83. The van der Waals surface area contributed by atoms with Crippen LogP contribution in [-0.4, -0.2) is 28.3 Å². The van der Waals surface area contributed by atoms with Crippen LogP contribution < -0.4 is 0 Å². The van der Waals surface area contributed by atoms with Gasteiger partial charge in [0.2, 0.25) is 0 Å². The maximum Gasteiger partial charge on any atom is 0.305 e. The van der Waals surface area contributed by atoms with Gasteiger partial charge < -0.3 is 14.7 Å². The Kier molecular flexibility index (Phi) is 4.85. The van der Waals surface area contributed by atoms with Crippen molar-refractivity contribution in [2.24, 2.45) is 11.8 Å². The van der Waals surface area contributed by atoms with E-state index in [-0.39, 0.29) is 24.0 Å². The van der Waals surface area contributed by atoms with Gasteiger partial charge in [-0.3, -0.25) is 9.59 Å². The van der Waals surface area contributed by atoms with E-state index in [0.717, 1.165) is 11.1 Å². The predicted octanol–water partition coefficient (Wildman–Crippen LogP) is 2.83. The van der Waals surface area contributed by atoms with E-state index in [1.54, 1.807) is 29.5 Å². The summed E-state index contributed by atoms with van der Waals surface area (Å²) in [6.45, 7) is 6.34. The summed E-state index contributed by atoms with van der Waals surface area (Å²) in [4.78, 5) is 24.7. The number of carboxylic acid groups (broad SMARTS) is 1. The van der Waals surface area contributed by atoms with Crippen molar-refractivity contribution in [3.63, 3.8) is 0 Å². The number of hydrogen-bond acceptors (Lipinski definition) is 4. The van der Waals surface area contributed by atoms with Gasteiger partial charge in [0.15, 0.2) is 5.78 Å². The molecule has 0 aromatic carbocycles. The van der Waals surface area contributed by atoms with Crippen molar-refractivity contribution in [2.75, 3.05) is 6.54 Å². The number of allylic oxidation sites excluding steroid dienone is 4. The Morgan fingerprint density at radius 2 is 2.14 bits per heavy atom. The molecule has 0 saturated heterocycles. The number of carboxylic acids is 1. The first-order valence-corrected chi connectivity index (χ1v) is 7.36. The van der Waals surface area contributed by atoms with Gasteiger partial charge in [0.05, 0.1) is 12.3 Å². The third-order valence-corrected chi connectivity index (χ3v) is 3.79. The van der Waals surface area contributed by atoms with Gasteiger partial charge in [-0.15, -0.1) is 0 Å². The highest BCUT2D eigenvalue weighted by Crippen LogP contribution is 2.35. The smallest absolute Gasteiger partial charge is 0.305 e. The molecule has 22 heavy (non-hydrogen) atoms. The molecule has 0 bridgehead atoms. The zero-order valence-electron chi connectivity index (χ0n) is 13.1. The molecule has 0 aromatic rings. The summed E-state index contributed by atoms with van der Waals surface area (Å²) in [6.07, 6.45) is 8.44. The monoisotopic (exact) mass is 303 g/mol. The molecule has 1 N–H and O–H groups in total. The molecule has 5 nitrogen and oxygen atoms in total. The lowest BCUT2D eigenvalue weighted by molar-refractivity contribution is -0.137. The van der Waals surface area contributed by atoms with Crippen LogP contribution in [0.3, 0.4) is 0 Å². The molecule has 1 heterocycles. The number of hydrogen-bond donors (Lipinski definition) is 1. The van der Waals surface area contributed by atoms with Crippen molar-refractivity contribution >= 4 is 11.8 Å². The van der Waals surface area contributed by atoms with Crippen molar-refractivity contribution in [2.45, 2.75) is 27.2 Å². The van der Waals surface area contributed by atoms with Crippen LogP contribution in [0.15, 0.2) is 47.7 Å². The van der Waals surface area contributed by atoms with Gasteiger partial charge >= 0.3 is 5.97 Å². The van der Waals surface area contributed by atoms with Crippen molar-refractivity contribution in [3.8, 4) is 0 Å². The number of nitrogens with zero attached hydrogens (tertiary/aromatic N) is 1. The summed E-state index contributed by atoms with van der Waals surface area (Å²) in [5.41, 5.74) is 1.88. The minimum atomic E-state index is -0.846. The lowest BCUT2D eigenvalue weighted by Gasteiger charge is -2.30. The van der Waals surface area contributed by atoms with Gasteiger partial charge in [-0.1, -0.05) is 19.9 Å². The first-order chi connectivity index (χ1) is 10.4. The highest BCUT2D eigenvalue weighted by Gasteiger charge is 2.32. The van der Waals surface area contributed by atoms with E-state index < -0.39 is 5.97 Å². The molecule has 2 rings (SSSR count). The minimum Gasteiger partial charge on any atom is -0.481 e. The van der Waals surface area contributed by atoms with Crippen LogP contribution in [-0.2, 0) is 14.3 Å². The standard InChI is InChI=1S/C17H21NO4/c1-11(2)16-13(19)5-4-12(3)17(16)14-10-18(8-9-22-14)7-6-15(20)21/h4-5,8-11,16H,6-7H2,1-3H3,(H,20,21). The second-order valence-electron chi connectivity index (χ2n) is 5.83. The lowest BCUT2D eigenvalue weighted by atomic mass is 9.78. The van der Waals surface area contributed by atoms with Gasteiger partial charge in [-0.2, -0.15) is 0 Å². The minimum absolute atomic E-state index is 0.0403. The molecule has 1 atom stereocenters. The van der Waals surface area contributed by atoms with Crippen LogP contribution in [0.4, 0.5) is 0 Å². The molecule has 5 heteroatoms. The maximum atomic E-state index is 12.2. The van der Waals surface area contributed by atoms with Crippen molar-refractivity contribution in [1.29, 1.82) is 0 Å². The average molecular weight is 303 g/mol. The maximum absolute atomic E-state index is 12.2. The van der Waals surface area contributed by atoms with Gasteiger partial charge in [0.1, 0.15) is 12.0 Å². The van der Waals surface area contributed by atoms with Crippen LogP contribution in [0.2, 0.25) is 0 Å². The van der Waals surface area contributed by atoms with Crippen LogP contribution >= 0.6 is 0 Å². The van der Waals surface area contributed by atoms with Crippen LogP contribution in [0, 0.1) is 11.8 Å². The van der Waals surface area contributed by atoms with Gasteiger partial charge in [0, 0.05) is 24.5 Å². The zero-order valence-corrected chi connectivity index (χ0v) is 13.1. The molecule has 0 amide bonds. The van der Waals surface area contributed by atoms with E-state index in [1.807, 2.05) is 20.8 Å². The molecular weight excluding hydrogens is 282 g/mol. The van der Waals surface area contributed by atoms with E-state index in [2.05, 4.69) is 0 Å². The fourth-order valence-electron chi connectivity index (χ4n) is 2.70. The quantitative estimate of drug-likeness (QED) is 0.846. The van der Waals surface area contributed by atoms with Crippen molar-refractivity contribution in [3.05, 3.63) is 47.7 Å². The average Bonchev–Trinajstić information content (AvgIpc) is 2.47. The fourth-order valence-corrected chi connectivity index (χ4v) is 2.70. The van der Waals surface area contributed by atoms with Gasteiger partial charge in [0.25, 0.3) is 0 Å². The molecule has 2 aliphatic rings. The number of carbonyl (C=O) groups is 2. The topological polar surface area (TPSA) is 66.8 Å². The number of rotatable bonds is 5.